The molecule has 0 aliphatic heterocycles. The number of nitrogens with one attached hydrogen (secondary N) is 2. The molecular weight excluding hydrogens is 240 g/mol. The zero-order valence-corrected chi connectivity index (χ0v) is 10.9. The molecule has 1 saturated carbocycles. The number of aryl methyl sites for hydroxylation is 2. The van der Waals surface area contributed by atoms with Gasteiger partial charge in [-0.25, -0.2) is 13.1 Å². The molecule has 1 fully saturated rings. The second-order valence-electron chi connectivity index (χ2n) is 4.80. The van der Waals surface area contributed by atoms with E-state index in [9.17, 15) is 8.42 Å². The van der Waals surface area contributed by atoms with Gasteiger partial charge in [-0.2, -0.15) is 5.10 Å². The molecule has 1 heterocycles. The Balaban J connectivity index is 2.14. The summed E-state index contributed by atoms with van der Waals surface area (Å²) in [5, 5.41) is 6.55. The Hall–Kier alpha value is -0.920. The normalized spacial score (nSPS) is 19.0. The fourth-order valence-electron chi connectivity index (χ4n) is 2.06. The highest BCUT2D eigenvalue weighted by Crippen LogP contribution is 2.28. The maximum Gasteiger partial charge on any atom is 0.244 e. The number of sulfonamides is 1. The third-order valence-corrected chi connectivity index (χ3v) is 4.96. The van der Waals surface area contributed by atoms with Crippen molar-refractivity contribution in [3.8, 4) is 0 Å². The monoisotopic (exact) mass is 258 g/mol. The van der Waals surface area contributed by atoms with Crippen molar-refractivity contribution < 1.29 is 8.42 Å². The number of H-pyrrole nitrogens is 1. The molecule has 0 radical (unpaired) electrons. The van der Waals surface area contributed by atoms with Crippen LogP contribution in [0.4, 0.5) is 0 Å². The van der Waals surface area contributed by atoms with E-state index < -0.39 is 10.0 Å². The van der Waals surface area contributed by atoms with Crippen molar-refractivity contribution in [3.05, 3.63) is 11.4 Å². The fourth-order valence-corrected chi connectivity index (χ4v) is 3.56. The van der Waals surface area contributed by atoms with Crippen LogP contribution in [0.15, 0.2) is 4.90 Å². The maximum atomic E-state index is 12.1. The molecule has 7 heteroatoms. The van der Waals surface area contributed by atoms with E-state index in [1.807, 2.05) is 0 Å². The predicted molar refractivity (Wildman–Crippen MR) is 64.0 cm³/mol. The Morgan fingerprint density at radius 1 is 1.47 bits per heavy atom. The molecule has 2 rings (SSSR count). The molecule has 96 valence electrons. The van der Waals surface area contributed by atoms with E-state index in [1.165, 1.54) is 0 Å². The highest BCUT2D eigenvalue weighted by atomic mass is 32.2. The average Bonchev–Trinajstić information content (AvgIpc) is 2.53. The molecule has 1 aromatic heterocycles. The summed E-state index contributed by atoms with van der Waals surface area (Å²) < 4.78 is 26.8. The maximum absolute atomic E-state index is 12.1. The molecular formula is C10H18N4O2S. The van der Waals surface area contributed by atoms with Gasteiger partial charge in [0.05, 0.1) is 11.4 Å². The molecule has 1 aliphatic rings. The van der Waals surface area contributed by atoms with Gasteiger partial charge in [-0.3, -0.25) is 5.10 Å². The molecule has 6 nitrogen and oxygen atoms in total. The number of rotatable bonds is 4. The summed E-state index contributed by atoms with van der Waals surface area (Å²) in [6.07, 6.45) is 2.82. The largest absolute Gasteiger partial charge is 0.324 e. The smallest absolute Gasteiger partial charge is 0.244 e. The molecule has 4 N–H and O–H groups in total. The van der Waals surface area contributed by atoms with Crippen molar-refractivity contribution in [2.24, 2.45) is 5.73 Å². The summed E-state index contributed by atoms with van der Waals surface area (Å²) in [5.74, 6) is 0. The highest BCUT2D eigenvalue weighted by Gasteiger charge is 2.34. The second-order valence-corrected chi connectivity index (χ2v) is 6.51. The van der Waals surface area contributed by atoms with Crippen molar-refractivity contribution in [1.29, 1.82) is 0 Å². The summed E-state index contributed by atoms with van der Waals surface area (Å²) >= 11 is 0. The number of hydrogen-bond donors (Lipinski definition) is 3. The predicted octanol–water partition coefficient (Wildman–Crippen LogP) is 0.186. The summed E-state index contributed by atoms with van der Waals surface area (Å²) in [6, 6.07) is 0. The summed E-state index contributed by atoms with van der Waals surface area (Å²) in [6.45, 7) is 3.65. The van der Waals surface area contributed by atoms with Crippen LogP contribution in [-0.4, -0.2) is 30.7 Å². The topological polar surface area (TPSA) is 101 Å². The first kappa shape index (κ1) is 12.5. The van der Waals surface area contributed by atoms with Gasteiger partial charge in [-0.05, 0) is 33.1 Å². The second kappa shape index (κ2) is 4.08. The first-order valence-corrected chi connectivity index (χ1v) is 7.12. The standard InChI is InChI=1S/C10H18N4O2S/c1-7-9(8(2)14-13-7)17(15,16)12-6-10(11)4-3-5-10/h12H,3-6,11H2,1-2H3,(H,13,14). The molecule has 0 atom stereocenters. The lowest BCUT2D eigenvalue weighted by Gasteiger charge is -2.37. The zero-order valence-electron chi connectivity index (χ0n) is 10.1. The molecule has 17 heavy (non-hydrogen) atoms. The van der Waals surface area contributed by atoms with E-state index in [4.69, 9.17) is 5.73 Å². The lowest BCUT2D eigenvalue weighted by atomic mass is 9.78. The molecule has 0 unspecified atom stereocenters. The van der Waals surface area contributed by atoms with E-state index in [0.29, 0.717) is 17.9 Å². The Morgan fingerprint density at radius 2 is 2.12 bits per heavy atom. The van der Waals surface area contributed by atoms with Crippen molar-refractivity contribution in [2.45, 2.75) is 43.5 Å². The number of aromatic nitrogens is 2. The van der Waals surface area contributed by atoms with Crippen LogP contribution < -0.4 is 10.5 Å². The van der Waals surface area contributed by atoms with Gasteiger partial charge in [-0.1, -0.05) is 0 Å². The van der Waals surface area contributed by atoms with E-state index in [2.05, 4.69) is 14.9 Å². The van der Waals surface area contributed by atoms with Gasteiger partial charge < -0.3 is 5.73 Å². The van der Waals surface area contributed by atoms with E-state index in [1.54, 1.807) is 13.8 Å². The van der Waals surface area contributed by atoms with Crippen molar-refractivity contribution in [3.63, 3.8) is 0 Å². The Kier molecular flexibility index (Phi) is 3.01. The molecule has 1 aromatic rings. The van der Waals surface area contributed by atoms with Gasteiger partial charge in [0, 0.05) is 12.1 Å². The average molecular weight is 258 g/mol. The molecule has 0 saturated heterocycles. The van der Waals surface area contributed by atoms with Crippen molar-refractivity contribution in [1.82, 2.24) is 14.9 Å². The van der Waals surface area contributed by atoms with Crippen LogP contribution >= 0.6 is 0 Å². The van der Waals surface area contributed by atoms with E-state index in [-0.39, 0.29) is 10.4 Å². The molecule has 0 spiro atoms. The minimum atomic E-state index is -3.51. The van der Waals surface area contributed by atoms with Gasteiger partial charge in [0.2, 0.25) is 10.0 Å². The van der Waals surface area contributed by atoms with Gasteiger partial charge >= 0.3 is 0 Å². The first-order valence-electron chi connectivity index (χ1n) is 5.64. The molecule has 0 bridgehead atoms. The molecule has 0 aromatic carbocycles. The zero-order chi connectivity index (χ0) is 12.7. The van der Waals surface area contributed by atoms with E-state index >= 15 is 0 Å². The Bertz CT molecular complexity index is 497. The van der Waals surface area contributed by atoms with Crippen LogP contribution in [0.5, 0.6) is 0 Å². The van der Waals surface area contributed by atoms with Gasteiger partial charge in [0.25, 0.3) is 0 Å². The highest BCUT2D eigenvalue weighted by molar-refractivity contribution is 7.89. The number of hydrogen-bond acceptors (Lipinski definition) is 4. The van der Waals surface area contributed by atoms with E-state index in [0.717, 1.165) is 19.3 Å². The number of nitrogens with zero attached hydrogens (tertiary/aromatic N) is 1. The van der Waals surface area contributed by atoms with Crippen molar-refractivity contribution in [2.75, 3.05) is 6.54 Å². The fraction of sp³-hybridized carbons (Fsp3) is 0.700. The Morgan fingerprint density at radius 3 is 2.53 bits per heavy atom. The van der Waals surface area contributed by atoms with Crippen LogP contribution in [0.2, 0.25) is 0 Å². The molecule has 1 aliphatic carbocycles. The van der Waals surface area contributed by atoms with Crippen LogP contribution in [0.1, 0.15) is 30.7 Å². The summed E-state index contributed by atoms with van der Waals surface area (Å²) in [4.78, 5) is 0.237. The third-order valence-electron chi connectivity index (χ3n) is 3.29. The quantitative estimate of drug-likeness (QED) is 0.717. The van der Waals surface area contributed by atoms with Crippen LogP contribution in [0.25, 0.3) is 0 Å². The summed E-state index contributed by atoms with van der Waals surface area (Å²) in [7, 11) is -3.51. The van der Waals surface area contributed by atoms with Crippen LogP contribution in [0.3, 0.4) is 0 Å². The number of nitrogens with two attached hydrogens (primary N) is 1. The van der Waals surface area contributed by atoms with Crippen LogP contribution in [-0.2, 0) is 10.0 Å². The first-order chi connectivity index (χ1) is 7.84. The SMILES string of the molecule is Cc1n[nH]c(C)c1S(=O)(=O)NCC1(N)CCC1. The Labute approximate surface area is 101 Å². The van der Waals surface area contributed by atoms with Crippen LogP contribution in [0, 0.1) is 13.8 Å². The summed E-state index contributed by atoms with van der Waals surface area (Å²) in [5.41, 5.74) is 6.66. The number of aromatic amines is 1. The van der Waals surface area contributed by atoms with Gasteiger partial charge in [-0.15, -0.1) is 0 Å². The van der Waals surface area contributed by atoms with Gasteiger partial charge in [0.15, 0.2) is 0 Å². The minimum Gasteiger partial charge on any atom is -0.324 e. The third kappa shape index (κ3) is 2.36. The lowest BCUT2D eigenvalue weighted by Crippen LogP contribution is -2.54. The lowest BCUT2D eigenvalue weighted by molar-refractivity contribution is 0.251. The van der Waals surface area contributed by atoms with Gasteiger partial charge in [0.1, 0.15) is 4.90 Å². The van der Waals surface area contributed by atoms with Crippen molar-refractivity contribution >= 4 is 10.0 Å². The molecule has 0 amide bonds. The minimum absolute atomic E-state index is 0.237.